The summed E-state index contributed by atoms with van der Waals surface area (Å²) in [4.78, 5) is 25.1. The predicted molar refractivity (Wildman–Crippen MR) is 72.0 cm³/mol. The molecule has 2 rings (SSSR count). The van der Waals surface area contributed by atoms with E-state index in [1.165, 1.54) is 11.8 Å². The molecule has 5 heteroatoms. The van der Waals surface area contributed by atoms with Gasteiger partial charge in [0.2, 0.25) is 0 Å². The number of carbonyl (C=O) groups excluding carboxylic acids is 1. The molecule has 0 bridgehead atoms. The zero-order valence-electron chi connectivity index (χ0n) is 11.2. The molecule has 5 nitrogen and oxygen atoms in total. The van der Waals surface area contributed by atoms with Crippen LogP contribution in [0, 0.1) is 11.3 Å². The van der Waals surface area contributed by atoms with E-state index < -0.39 is 12.0 Å². The number of carboxylic acids is 1. The zero-order chi connectivity index (χ0) is 14.7. The Bertz CT molecular complexity index is 573. The van der Waals surface area contributed by atoms with Gasteiger partial charge in [-0.1, -0.05) is 12.1 Å². The quantitative estimate of drug-likeness (QED) is 0.886. The molecule has 1 amide bonds. The summed E-state index contributed by atoms with van der Waals surface area (Å²) in [7, 11) is 0. The third-order valence-corrected chi connectivity index (χ3v) is 3.41. The molecule has 20 heavy (non-hydrogen) atoms. The van der Waals surface area contributed by atoms with Gasteiger partial charge in [0.1, 0.15) is 6.04 Å². The number of hydrogen-bond donors (Lipinski definition) is 1. The standard InChI is InChI=1S/C15H16N2O3/c1-10(15(19)20)17(13-5-6-13)14(18)12-4-2-3-11(9-12)7-8-16/h2-4,9-10,13H,5-7H2,1H3,(H,19,20). The Kier molecular flexibility index (Phi) is 4.04. The molecule has 0 aliphatic heterocycles. The van der Waals surface area contributed by atoms with Gasteiger partial charge in [-0.3, -0.25) is 4.79 Å². The van der Waals surface area contributed by atoms with Crippen LogP contribution < -0.4 is 0 Å². The maximum absolute atomic E-state index is 12.5. The first-order valence-corrected chi connectivity index (χ1v) is 6.56. The Labute approximate surface area is 117 Å². The molecule has 0 spiro atoms. The lowest BCUT2D eigenvalue weighted by atomic mass is 10.1. The fourth-order valence-electron chi connectivity index (χ4n) is 2.18. The molecule has 1 aromatic carbocycles. The lowest BCUT2D eigenvalue weighted by Gasteiger charge is -2.26. The van der Waals surface area contributed by atoms with Crippen molar-refractivity contribution in [2.75, 3.05) is 0 Å². The summed E-state index contributed by atoms with van der Waals surface area (Å²) in [6.45, 7) is 1.53. The van der Waals surface area contributed by atoms with E-state index >= 15 is 0 Å². The summed E-state index contributed by atoms with van der Waals surface area (Å²) in [5.41, 5.74) is 1.20. The third kappa shape index (κ3) is 2.97. The fourth-order valence-corrected chi connectivity index (χ4v) is 2.18. The maximum atomic E-state index is 12.5. The average Bonchev–Trinajstić information content (AvgIpc) is 3.24. The third-order valence-electron chi connectivity index (χ3n) is 3.41. The highest BCUT2D eigenvalue weighted by Crippen LogP contribution is 2.30. The average molecular weight is 272 g/mol. The molecule has 1 N–H and O–H groups in total. The molecule has 0 saturated heterocycles. The van der Waals surface area contributed by atoms with Crippen LogP contribution in [0.1, 0.15) is 35.7 Å². The number of hydrogen-bond acceptors (Lipinski definition) is 3. The van der Waals surface area contributed by atoms with E-state index in [0.717, 1.165) is 18.4 Å². The van der Waals surface area contributed by atoms with E-state index in [1.54, 1.807) is 24.3 Å². The van der Waals surface area contributed by atoms with Gasteiger partial charge in [0.15, 0.2) is 0 Å². The maximum Gasteiger partial charge on any atom is 0.326 e. The molecule has 0 aromatic heterocycles. The van der Waals surface area contributed by atoms with E-state index in [4.69, 9.17) is 10.4 Å². The van der Waals surface area contributed by atoms with Crippen LogP contribution in [-0.2, 0) is 11.2 Å². The van der Waals surface area contributed by atoms with Crippen LogP contribution in [0.2, 0.25) is 0 Å². The van der Waals surface area contributed by atoms with Crippen molar-refractivity contribution in [3.63, 3.8) is 0 Å². The van der Waals surface area contributed by atoms with Gasteiger partial charge in [0.25, 0.3) is 5.91 Å². The normalized spacial score (nSPS) is 15.2. The van der Waals surface area contributed by atoms with Crippen molar-refractivity contribution in [1.82, 2.24) is 4.90 Å². The zero-order valence-corrected chi connectivity index (χ0v) is 11.2. The SMILES string of the molecule is CC(C(=O)O)N(C(=O)c1cccc(CC#N)c1)C1CC1. The Morgan fingerprint density at radius 1 is 1.50 bits per heavy atom. The van der Waals surface area contributed by atoms with Gasteiger partial charge in [-0.15, -0.1) is 0 Å². The number of carbonyl (C=O) groups is 2. The van der Waals surface area contributed by atoms with Gasteiger partial charge in [-0.25, -0.2) is 4.79 Å². The number of rotatable bonds is 5. The first-order chi connectivity index (χ1) is 9.54. The second-order valence-corrected chi connectivity index (χ2v) is 4.99. The summed E-state index contributed by atoms with van der Waals surface area (Å²) in [5, 5.41) is 17.8. The predicted octanol–water partition coefficient (Wildman–Crippen LogP) is 1.83. The van der Waals surface area contributed by atoms with Crippen LogP contribution in [0.4, 0.5) is 0 Å². The van der Waals surface area contributed by atoms with Gasteiger partial charge < -0.3 is 10.0 Å². The second-order valence-electron chi connectivity index (χ2n) is 4.99. The summed E-state index contributed by atoms with van der Waals surface area (Å²) >= 11 is 0. The molecule has 1 fully saturated rings. The first kappa shape index (κ1) is 14.1. The van der Waals surface area contributed by atoms with E-state index in [2.05, 4.69) is 0 Å². The molecule has 0 radical (unpaired) electrons. The lowest BCUT2D eigenvalue weighted by molar-refractivity contribution is -0.141. The van der Waals surface area contributed by atoms with Crippen LogP contribution in [0.15, 0.2) is 24.3 Å². The minimum absolute atomic E-state index is 0.0215. The second kappa shape index (κ2) is 5.74. The number of nitriles is 1. The van der Waals surface area contributed by atoms with Crippen molar-refractivity contribution in [3.05, 3.63) is 35.4 Å². The highest BCUT2D eigenvalue weighted by atomic mass is 16.4. The molecule has 104 valence electrons. The number of amides is 1. The van der Waals surface area contributed by atoms with Crippen molar-refractivity contribution in [1.29, 1.82) is 5.26 Å². The molecular formula is C15H16N2O3. The molecule has 1 atom stereocenters. The van der Waals surface area contributed by atoms with E-state index in [0.29, 0.717) is 5.56 Å². The van der Waals surface area contributed by atoms with E-state index in [-0.39, 0.29) is 18.4 Å². The largest absolute Gasteiger partial charge is 0.480 e. The van der Waals surface area contributed by atoms with Crippen molar-refractivity contribution in [2.24, 2.45) is 0 Å². The number of carboxylic acid groups (broad SMARTS) is 1. The van der Waals surface area contributed by atoms with Gasteiger partial charge in [-0.2, -0.15) is 5.26 Å². The Hall–Kier alpha value is -2.35. The topological polar surface area (TPSA) is 81.4 Å². The molecule has 0 heterocycles. The van der Waals surface area contributed by atoms with Crippen LogP contribution in [-0.4, -0.2) is 34.0 Å². The number of nitrogens with zero attached hydrogens (tertiary/aromatic N) is 2. The van der Waals surface area contributed by atoms with Gasteiger partial charge in [0, 0.05) is 11.6 Å². The van der Waals surface area contributed by atoms with Gasteiger partial charge >= 0.3 is 5.97 Å². The Balaban J connectivity index is 2.26. The van der Waals surface area contributed by atoms with E-state index in [1.807, 2.05) is 6.07 Å². The highest BCUT2D eigenvalue weighted by molar-refractivity contribution is 5.97. The minimum atomic E-state index is -1.00. The van der Waals surface area contributed by atoms with Crippen LogP contribution >= 0.6 is 0 Å². The fraction of sp³-hybridized carbons (Fsp3) is 0.400. The number of aliphatic carboxylic acids is 1. The van der Waals surface area contributed by atoms with Gasteiger partial charge in [0.05, 0.1) is 12.5 Å². The summed E-state index contributed by atoms with van der Waals surface area (Å²) in [6.07, 6.45) is 1.93. The molecule has 1 aliphatic carbocycles. The Morgan fingerprint density at radius 2 is 2.20 bits per heavy atom. The van der Waals surface area contributed by atoms with E-state index in [9.17, 15) is 9.59 Å². The lowest BCUT2D eigenvalue weighted by Crippen LogP contribution is -2.44. The van der Waals surface area contributed by atoms with Crippen molar-refractivity contribution in [2.45, 2.75) is 38.3 Å². The highest BCUT2D eigenvalue weighted by Gasteiger charge is 2.38. The summed E-state index contributed by atoms with van der Waals surface area (Å²) in [5.74, 6) is -1.28. The molecule has 1 aromatic rings. The van der Waals surface area contributed by atoms with Crippen molar-refractivity contribution >= 4 is 11.9 Å². The monoisotopic (exact) mass is 272 g/mol. The summed E-state index contributed by atoms with van der Waals surface area (Å²) in [6, 6.07) is 8.04. The Morgan fingerprint density at radius 3 is 2.75 bits per heavy atom. The van der Waals surface area contributed by atoms with Gasteiger partial charge in [-0.05, 0) is 37.5 Å². The molecule has 1 saturated carbocycles. The van der Waals surface area contributed by atoms with Crippen LogP contribution in [0.3, 0.4) is 0 Å². The molecular weight excluding hydrogens is 256 g/mol. The first-order valence-electron chi connectivity index (χ1n) is 6.56. The van der Waals surface area contributed by atoms with Crippen LogP contribution in [0.25, 0.3) is 0 Å². The molecule has 1 aliphatic rings. The minimum Gasteiger partial charge on any atom is -0.480 e. The number of benzene rings is 1. The van der Waals surface area contributed by atoms with Crippen molar-refractivity contribution < 1.29 is 14.7 Å². The molecule has 1 unspecified atom stereocenters. The summed E-state index contributed by atoms with van der Waals surface area (Å²) < 4.78 is 0. The van der Waals surface area contributed by atoms with Crippen LogP contribution in [0.5, 0.6) is 0 Å². The van der Waals surface area contributed by atoms with Crippen molar-refractivity contribution in [3.8, 4) is 6.07 Å². The smallest absolute Gasteiger partial charge is 0.326 e.